The summed E-state index contributed by atoms with van der Waals surface area (Å²) in [5.41, 5.74) is 6.53. The van der Waals surface area contributed by atoms with E-state index < -0.39 is 0 Å². The smallest absolute Gasteiger partial charge is 0.134 e. The molecule has 0 aliphatic heterocycles. The first kappa shape index (κ1) is 13.6. The van der Waals surface area contributed by atoms with E-state index >= 15 is 0 Å². The zero-order chi connectivity index (χ0) is 13.3. The number of hydrogen-bond donors (Lipinski definition) is 0. The normalized spacial score (nSPS) is 22.8. The van der Waals surface area contributed by atoms with Gasteiger partial charge in [0, 0.05) is 18.3 Å². The second kappa shape index (κ2) is 5.03. The van der Waals surface area contributed by atoms with E-state index in [1.54, 1.807) is 22.3 Å². The van der Waals surface area contributed by atoms with E-state index in [1.807, 2.05) is 0 Å². The Hall–Kier alpha value is -0.850. The summed E-state index contributed by atoms with van der Waals surface area (Å²) in [5, 5.41) is 0. The minimum atomic E-state index is 0.150. The highest BCUT2D eigenvalue weighted by molar-refractivity contribution is 5.84. The molecule has 2 rings (SSSR count). The quantitative estimate of drug-likeness (QED) is 0.684. The highest BCUT2D eigenvalue weighted by Crippen LogP contribution is 2.58. The van der Waals surface area contributed by atoms with Crippen molar-refractivity contribution in [2.75, 3.05) is 0 Å². The Bertz CT molecular complexity index is 395. The van der Waals surface area contributed by atoms with Crippen LogP contribution in [0.15, 0.2) is 22.3 Å². The van der Waals surface area contributed by atoms with Gasteiger partial charge in [-0.05, 0) is 43.3 Å². The third-order valence-corrected chi connectivity index (χ3v) is 4.99. The van der Waals surface area contributed by atoms with Crippen molar-refractivity contribution < 1.29 is 4.79 Å². The number of hydrogen-bond acceptors (Lipinski definition) is 1. The molecule has 0 aromatic heterocycles. The summed E-state index contributed by atoms with van der Waals surface area (Å²) in [6.07, 6.45) is 7.14. The number of rotatable bonds is 4. The predicted molar refractivity (Wildman–Crippen MR) is 76.5 cm³/mol. The first-order valence-electron chi connectivity index (χ1n) is 7.61. The van der Waals surface area contributed by atoms with Crippen molar-refractivity contribution in [3.05, 3.63) is 22.3 Å². The molecule has 1 spiro atoms. The summed E-state index contributed by atoms with van der Waals surface area (Å²) >= 11 is 0. The number of ketones is 1. The van der Waals surface area contributed by atoms with Crippen LogP contribution in [0.2, 0.25) is 0 Å². The fourth-order valence-electron chi connectivity index (χ4n) is 4.46. The molecule has 0 radical (unpaired) electrons. The molecule has 18 heavy (non-hydrogen) atoms. The van der Waals surface area contributed by atoms with Gasteiger partial charge in [-0.15, -0.1) is 0 Å². The Kier molecular flexibility index (Phi) is 3.79. The molecule has 1 nitrogen and oxygen atoms in total. The van der Waals surface area contributed by atoms with Crippen LogP contribution in [-0.2, 0) is 4.79 Å². The molecule has 0 bridgehead atoms. The van der Waals surface area contributed by atoms with E-state index in [9.17, 15) is 4.79 Å². The van der Waals surface area contributed by atoms with Gasteiger partial charge in [-0.25, -0.2) is 0 Å². The van der Waals surface area contributed by atoms with Crippen molar-refractivity contribution in [3.63, 3.8) is 0 Å². The van der Waals surface area contributed by atoms with Gasteiger partial charge in [-0.1, -0.05) is 38.8 Å². The monoisotopic (exact) mass is 246 g/mol. The van der Waals surface area contributed by atoms with E-state index in [2.05, 4.69) is 27.7 Å². The van der Waals surface area contributed by atoms with Gasteiger partial charge in [0.25, 0.3) is 0 Å². The number of Topliss-reactive ketones (excluding diaryl/α,β-unsaturated/α-hetero) is 1. The van der Waals surface area contributed by atoms with Crippen LogP contribution in [-0.4, -0.2) is 5.78 Å². The average molecular weight is 246 g/mol. The van der Waals surface area contributed by atoms with E-state index in [0.29, 0.717) is 5.78 Å². The molecule has 1 saturated carbocycles. The Morgan fingerprint density at radius 2 is 1.39 bits per heavy atom. The van der Waals surface area contributed by atoms with Crippen LogP contribution in [0.25, 0.3) is 0 Å². The molecule has 100 valence electrons. The third kappa shape index (κ3) is 1.71. The molecule has 0 amide bonds. The zero-order valence-corrected chi connectivity index (χ0v) is 12.4. The van der Waals surface area contributed by atoms with E-state index in [-0.39, 0.29) is 5.41 Å². The van der Waals surface area contributed by atoms with Crippen molar-refractivity contribution in [1.82, 2.24) is 0 Å². The molecule has 0 N–H and O–H groups in total. The first-order chi connectivity index (χ1) is 8.64. The summed E-state index contributed by atoms with van der Waals surface area (Å²) in [6.45, 7) is 9.07. The highest BCUT2D eigenvalue weighted by atomic mass is 16.1. The van der Waals surface area contributed by atoms with Gasteiger partial charge < -0.3 is 0 Å². The lowest BCUT2D eigenvalue weighted by Gasteiger charge is -2.30. The van der Waals surface area contributed by atoms with Crippen LogP contribution in [0.5, 0.6) is 0 Å². The number of carbonyl (C=O) groups is 1. The second-order valence-electron chi connectivity index (χ2n) is 5.63. The molecule has 0 unspecified atom stereocenters. The zero-order valence-electron chi connectivity index (χ0n) is 12.4. The lowest BCUT2D eigenvalue weighted by Crippen LogP contribution is -2.20. The number of allylic oxidation sites excluding steroid dienone is 4. The fourth-order valence-corrected chi connectivity index (χ4v) is 4.46. The van der Waals surface area contributed by atoms with Crippen molar-refractivity contribution in [2.24, 2.45) is 5.41 Å². The van der Waals surface area contributed by atoms with Gasteiger partial charge in [-0.3, -0.25) is 4.79 Å². The Morgan fingerprint density at radius 3 is 1.67 bits per heavy atom. The summed E-state index contributed by atoms with van der Waals surface area (Å²) in [4.78, 5) is 11.9. The fraction of sp³-hybridized carbons (Fsp3) is 0.706. The summed E-state index contributed by atoms with van der Waals surface area (Å²) in [5.74, 6) is 0.472. The molecule has 1 heteroatoms. The lowest BCUT2D eigenvalue weighted by atomic mass is 9.72. The second-order valence-corrected chi connectivity index (χ2v) is 5.63. The molecule has 0 aromatic rings. The lowest BCUT2D eigenvalue weighted by molar-refractivity contribution is -0.117. The van der Waals surface area contributed by atoms with Gasteiger partial charge >= 0.3 is 0 Å². The molecule has 2 aliphatic carbocycles. The van der Waals surface area contributed by atoms with Crippen LogP contribution < -0.4 is 0 Å². The maximum atomic E-state index is 11.9. The summed E-state index contributed by atoms with van der Waals surface area (Å²) in [6, 6.07) is 0. The molecular formula is C17H26O. The van der Waals surface area contributed by atoms with E-state index in [4.69, 9.17) is 0 Å². The van der Waals surface area contributed by atoms with Crippen LogP contribution in [0.3, 0.4) is 0 Å². The van der Waals surface area contributed by atoms with Crippen LogP contribution >= 0.6 is 0 Å². The van der Waals surface area contributed by atoms with Crippen molar-refractivity contribution >= 4 is 5.78 Å². The molecule has 2 aliphatic rings. The minimum Gasteiger partial charge on any atom is -0.300 e. The summed E-state index contributed by atoms with van der Waals surface area (Å²) in [7, 11) is 0. The SMILES string of the molecule is CCC1=C(CC)C2(CCC(=O)C2)C(CC)=C1CC. The van der Waals surface area contributed by atoms with Gasteiger partial charge in [0.2, 0.25) is 0 Å². The Balaban J connectivity index is 2.59. The number of carbonyl (C=O) groups excluding carboxylic acids is 1. The molecule has 1 fully saturated rings. The van der Waals surface area contributed by atoms with Gasteiger partial charge in [0.1, 0.15) is 5.78 Å². The minimum absolute atomic E-state index is 0.150. The molecule has 0 aromatic carbocycles. The van der Waals surface area contributed by atoms with Crippen molar-refractivity contribution in [2.45, 2.75) is 72.6 Å². The standard InChI is InChI=1S/C17H26O/c1-5-13-14(6-2)16(8-4)17(15(13)7-3)10-9-12(18)11-17/h5-11H2,1-4H3. The van der Waals surface area contributed by atoms with Crippen LogP contribution in [0, 0.1) is 5.41 Å². The Morgan fingerprint density at radius 1 is 0.889 bits per heavy atom. The molecule has 0 atom stereocenters. The summed E-state index contributed by atoms with van der Waals surface area (Å²) < 4.78 is 0. The van der Waals surface area contributed by atoms with Gasteiger partial charge in [-0.2, -0.15) is 0 Å². The van der Waals surface area contributed by atoms with Crippen LogP contribution in [0.4, 0.5) is 0 Å². The van der Waals surface area contributed by atoms with E-state index in [0.717, 1.165) is 44.9 Å². The van der Waals surface area contributed by atoms with Crippen molar-refractivity contribution in [1.29, 1.82) is 0 Å². The third-order valence-electron chi connectivity index (χ3n) is 4.99. The van der Waals surface area contributed by atoms with Gasteiger partial charge in [0.15, 0.2) is 0 Å². The average Bonchev–Trinajstić information content (AvgIpc) is 2.87. The van der Waals surface area contributed by atoms with Gasteiger partial charge in [0.05, 0.1) is 0 Å². The molecular weight excluding hydrogens is 220 g/mol. The topological polar surface area (TPSA) is 17.1 Å². The molecule has 0 heterocycles. The van der Waals surface area contributed by atoms with Crippen LogP contribution in [0.1, 0.15) is 72.6 Å². The van der Waals surface area contributed by atoms with Crippen molar-refractivity contribution in [3.8, 4) is 0 Å². The largest absolute Gasteiger partial charge is 0.300 e. The Labute approximate surface area is 111 Å². The molecule has 0 saturated heterocycles. The van der Waals surface area contributed by atoms with E-state index in [1.165, 1.54) is 0 Å². The maximum absolute atomic E-state index is 11.9. The first-order valence-corrected chi connectivity index (χ1v) is 7.61. The predicted octanol–water partition coefficient (Wildman–Crippen LogP) is 4.97. The highest BCUT2D eigenvalue weighted by Gasteiger charge is 2.48. The maximum Gasteiger partial charge on any atom is 0.134 e.